The molecule has 1 N–H and O–H groups in total. The molecule has 2 heterocycles. The predicted molar refractivity (Wildman–Crippen MR) is 89.3 cm³/mol. The molecule has 8 heteroatoms. The molecule has 0 unspecified atom stereocenters. The minimum absolute atomic E-state index is 0. The summed E-state index contributed by atoms with van der Waals surface area (Å²) in [4.78, 5) is 2.17. The normalized spacial score (nSPS) is 17.3. The van der Waals surface area contributed by atoms with Gasteiger partial charge in [0.1, 0.15) is 5.82 Å². The molecule has 1 aliphatic heterocycles. The molecular weight excluding hydrogens is 364 g/mol. The Labute approximate surface area is 147 Å². The van der Waals surface area contributed by atoms with Crippen LogP contribution >= 0.6 is 23.7 Å². The number of benzene rings is 1. The fourth-order valence-electron chi connectivity index (χ4n) is 2.92. The molecule has 132 valence electrons. The lowest BCUT2D eigenvalue weighted by atomic mass is 9.97. The van der Waals surface area contributed by atoms with E-state index in [1.54, 1.807) is 0 Å². The van der Waals surface area contributed by atoms with Gasteiger partial charge in [-0.15, -0.1) is 12.4 Å². The summed E-state index contributed by atoms with van der Waals surface area (Å²) in [6.07, 6.45) is -4.67. The third-order valence-electron chi connectivity index (χ3n) is 3.99. The van der Waals surface area contributed by atoms with Gasteiger partial charge >= 0.3 is 6.18 Å². The Balaban J connectivity index is 0.00000208. The lowest BCUT2D eigenvalue weighted by molar-refractivity contribution is -0.140. The van der Waals surface area contributed by atoms with E-state index in [1.807, 2.05) is 16.8 Å². The van der Waals surface area contributed by atoms with Crippen LogP contribution in [0.2, 0.25) is 0 Å². The molecule has 2 aromatic rings. The highest BCUT2D eigenvalue weighted by molar-refractivity contribution is 7.08. The Bertz CT molecular complexity index is 655. The fraction of sp³-hybridized carbons (Fsp3) is 0.375. The molecular formula is C16H17ClF4N2S. The molecule has 1 fully saturated rings. The molecule has 0 aliphatic carbocycles. The minimum Gasteiger partial charge on any atom is -0.314 e. The van der Waals surface area contributed by atoms with E-state index in [1.165, 1.54) is 17.4 Å². The van der Waals surface area contributed by atoms with Crippen LogP contribution in [0, 0.1) is 5.82 Å². The number of hydrogen-bond acceptors (Lipinski definition) is 3. The number of nitrogens with zero attached hydrogens (tertiary/aromatic N) is 1. The van der Waals surface area contributed by atoms with Crippen molar-refractivity contribution in [3.63, 3.8) is 0 Å². The van der Waals surface area contributed by atoms with Crippen molar-refractivity contribution in [2.24, 2.45) is 0 Å². The third-order valence-corrected chi connectivity index (χ3v) is 4.69. The maximum atomic E-state index is 14.0. The van der Waals surface area contributed by atoms with Crippen LogP contribution in [0.1, 0.15) is 22.7 Å². The van der Waals surface area contributed by atoms with Crippen LogP contribution in [-0.4, -0.2) is 31.1 Å². The zero-order valence-electron chi connectivity index (χ0n) is 12.6. The van der Waals surface area contributed by atoms with Gasteiger partial charge in [-0.2, -0.15) is 24.5 Å². The number of piperazine rings is 1. The zero-order chi connectivity index (χ0) is 16.4. The van der Waals surface area contributed by atoms with Crippen molar-refractivity contribution in [1.29, 1.82) is 0 Å². The number of alkyl halides is 3. The predicted octanol–water partition coefficient (Wildman–Crippen LogP) is 4.32. The van der Waals surface area contributed by atoms with Crippen molar-refractivity contribution in [3.05, 3.63) is 57.5 Å². The lowest BCUT2D eigenvalue weighted by Gasteiger charge is -2.35. The van der Waals surface area contributed by atoms with Crippen molar-refractivity contribution < 1.29 is 17.6 Å². The summed E-state index contributed by atoms with van der Waals surface area (Å²) >= 11 is 1.52. The highest BCUT2D eigenvalue weighted by Gasteiger charge is 2.35. The summed E-state index contributed by atoms with van der Waals surface area (Å²) in [6, 6.07) is 4.96. The van der Waals surface area contributed by atoms with E-state index in [0.29, 0.717) is 5.56 Å². The summed E-state index contributed by atoms with van der Waals surface area (Å²) in [5.41, 5.74) is 0.317. The monoisotopic (exact) mass is 380 g/mol. The molecule has 0 bridgehead atoms. The maximum absolute atomic E-state index is 14.0. The van der Waals surface area contributed by atoms with Gasteiger partial charge in [0, 0.05) is 26.2 Å². The van der Waals surface area contributed by atoms with Crippen LogP contribution in [0.15, 0.2) is 35.0 Å². The van der Waals surface area contributed by atoms with Gasteiger partial charge in [-0.05, 0) is 40.1 Å². The summed E-state index contributed by atoms with van der Waals surface area (Å²) in [5.74, 6) is -1.22. The van der Waals surface area contributed by atoms with E-state index in [2.05, 4.69) is 10.2 Å². The first-order valence-electron chi connectivity index (χ1n) is 7.30. The maximum Gasteiger partial charge on any atom is 0.419 e. The molecule has 1 aliphatic rings. The second-order valence-electron chi connectivity index (χ2n) is 5.48. The Kier molecular flexibility index (Phi) is 6.25. The number of nitrogens with one attached hydrogen (secondary N) is 1. The molecule has 1 aromatic carbocycles. The van der Waals surface area contributed by atoms with E-state index in [-0.39, 0.29) is 18.4 Å². The van der Waals surface area contributed by atoms with Crippen LogP contribution < -0.4 is 5.32 Å². The van der Waals surface area contributed by atoms with Gasteiger partial charge in [-0.1, -0.05) is 6.07 Å². The van der Waals surface area contributed by atoms with E-state index < -0.39 is 17.6 Å². The van der Waals surface area contributed by atoms with Gasteiger partial charge in [0.2, 0.25) is 0 Å². The Morgan fingerprint density at radius 2 is 1.79 bits per heavy atom. The summed E-state index contributed by atoms with van der Waals surface area (Å²) in [5, 5.41) is 7.13. The summed E-state index contributed by atoms with van der Waals surface area (Å²) in [6.45, 7) is 3.15. The first kappa shape index (κ1) is 19.2. The second kappa shape index (κ2) is 7.82. The largest absolute Gasteiger partial charge is 0.419 e. The van der Waals surface area contributed by atoms with Gasteiger partial charge in [0.05, 0.1) is 11.6 Å². The molecule has 0 amide bonds. The van der Waals surface area contributed by atoms with Gasteiger partial charge in [0.25, 0.3) is 0 Å². The third kappa shape index (κ3) is 4.08. The second-order valence-corrected chi connectivity index (χ2v) is 6.26. The van der Waals surface area contributed by atoms with Crippen LogP contribution in [0.25, 0.3) is 0 Å². The topological polar surface area (TPSA) is 15.3 Å². The summed E-state index contributed by atoms with van der Waals surface area (Å²) in [7, 11) is 0. The van der Waals surface area contributed by atoms with Crippen molar-refractivity contribution in [2.45, 2.75) is 12.2 Å². The Morgan fingerprint density at radius 1 is 1.08 bits per heavy atom. The zero-order valence-corrected chi connectivity index (χ0v) is 14.3. The van der Waals surface area contributed by atoms with E-state index in [0.717, 1.165) is 43.9 Å². The average molecular weight is 381 g/mol. The van der Waals surface area contributed by atoms with Crippen LogP contribution in [0.4, 0.5) is 17.6 Å². The number of rotatable bonds is 3. The van der Waals surface area contributed by atoms with Gasteiger partial charge in [-0.3, -0.25) is 4.90 Å². The number of thiophene rings is 1. The molecule has 0 spiro atoms. The van der Waals surface area contributed by atoms with E-state index in [9.17, 15) is 17.6 Å². The molecule has 2 nitrogen and oxygen atoms in total. The fourth-order valence-corrected chi connectivity index (χ4v) is 3.60. The van der Waals surface area contributed by atoms with Gasteiger partial charge < -0.3 is 5.32 Å². The van der Waals surface area contributed by atoms with Crippen molar-refractivity contribution >= 4 is 23.7 Å². The molecule has 3 rings (SSSR count). The molecule has 0 saturated carbocycles. The number of hydrogen-bond donors (Lipinski definition) is 1. The van der Waals surface area contributed by atoms with Gasteiger partial charge in [-0.25, -0.2) is 4.39 Å². The van der Waals surface area contributed by atoms with Gasteiger partial charge in [0.15, 0.2) is 0 Å². The number of halogens is 5. The van der Waals surface area contributed by atoms with E-state index >= 15 is 0 Å². The highest BCUT2D eigenvalue weighted by atomic mass is 35.5. The van der Waals surface area contributed by atoms with Crippen LogP contribution in [-0.2, 0) is 6.18 Å². The smallest absolute Gasteiger partial charge is 0.314 e. The average Bonchev–Trinajstić information content (AvgIpc) is 3.01. The molecule has 24 heavy (non-hydrogen) atoms. The quantitative estimate of drug-likeness (QED) is 0.798. The molecule has 1 saturated heterocycles. The first-order chi connectivity index (χ1) is 11.0. The Hall–Kier alpha value is -1.15. The van der Waals surface area contributed by atoms with Crippen molar-refractivity contribution in [2.75, 3.05) is 26.2 Å². The van der Waals surface area contributed by atoms with E-state index in [4.69, 9.17) is 0 Å². The molecule has 1 atom stereocenters. The SMILES string of the molecule is Cl.Fc1cc([C@H](c2ccsc2)N2CCNCC2)ccc1C(F)(F)F. The standard InChI is InChI=1S/C16H16F4N2S.ClH/c17-14-9-11(1-2-13(14)16(18,19)20)15(12-3-8-23-10-12)22-6-4-21-5-7-22;/h1-3,8-10,15,21H,4-7H2;1H/t15-;/m1./s1. The minimum atomic E-state index is -4.67. The van der Waals surface area contributed by atoms with Crippen LogP contribution in [0.3, 0.4) is 0 Å². The highest BCUT2D eigenvalue weighted by Crippen LogP contribution is 2.35. The van der Waals surface area contributed by atoms with Crippen LogP contribution in [0.5, 0.6) is 0 Å². The lowest BCUT2D eigenvalue weighted by Crippen LogP contribution is -2.45. The van der Waals surface area contributed by atoms with Crippen molar-refractivity contribution in [3.8, 4) is 0 Å². The molecule has 0 radical (unpaired) electrons. The molecule has 1 aromatic heterocycles. The first-order valence-corrected chi connectivity index (χ1v) is 8.24. The summed E-state index contributed by atoms with van der Waals surface area (Å²) < 4.78 is 52.2. The van der Waals surface area contributed by atoms with Crippen molar-refractivity contribution in [1.82, 2.24) is 10.2 Å². The Morgan fingerprint density at radius 3 is 2.33 bits per heavy atom.